The van der Waals surface area contributed by atoms with E-state index in [1.54, 1.807) is 18.5 Å². The van der Waals surface area contributed by atoms with Crippen LogP contribution in [0.1, 0.15) is 17.7 Å². The van der Waals surface area contributed by atoms with Gasteiger partial charge in [-0.1, -0.05) is 0 Å². The summed E-state index contributed by atoms with van der Waals surface area (Å²) < 4.78 is 35.0. The van der Waals surface area contributed by atoms with E-state index in [2.05, 4.69) is 20.2 Å². The first kappa shape index (κ1) is 25.0. The number of sulfonamides is 1. The Morgan fingerprint density at radius 1 is 1.11 bits per heavy atom. The van der Waals surface area contributed by atoms with Crippen molar-refractivity contribution >= 4 is 55.9 Å². The van der Waals surface area contributed by atoms with Gasteiger partial charge < -0.3 is 4.74 Å². The van der Waals surface area contributed by atoms with E-state index in [4.69, 9.17) is 4.74 Å². The molecule has 6 rings (SSSR count). The fourth-order valence-electron chi connectivity index (χ4n) is 4.94. The van der Waals surface area contributed by atoms with Gasteiger partial charge in [0.1, 0.15) is 11.8 Å². The molecule has 3 aliphatic heterocycles. The number of carbonyl (C=O) groups excluding carboxylic acids is 2. The fourth-order valence-corrected chi connectivity index (χ4v) is 7.16. The molecule has 11 nitrogen and oxygen atoms in total. The number of anilines is 1. The molecule has 0 atom stereocenters. The summed E-state index contributed by atoms with van der Waals surface area (Å²) in [4.78, 5) is 35.0. The van der Waals surface area contributed by atoms with Gasteiger partial charge in [0.2, 0.25) is 10.0 Å². The maximum atomic E-state index is 13.1. The molecule has 1 aromatic carbocycles. The van der Waals surface area contributed by atoms with Gasteiger partial charge in [-0.05, 0) is 73.1 Å². The van der Waals surface area contributed by atoms with Gasteiger partial charge in [-0.3, -0.25) is 28.7 Å². The van der Waals surface area contributed by atoms with Gasteiger partial charge in [-0.25, -0.2) is 18.4 Å². The van der Waals surface area contributed by atoms with Gasteiger partial charge in [0.25, 0.3) is 11.1 Å². The van der Waals surface area contributed by atoms with Crippen LogP contribution in [0.4, 0.5) is 10.5 Å². The summed E-state index contributed by atoms with van der Waals surface area (Å²) in [5.41, 5.74) is 4.30. The molecule has 38 heavy (non-hydrogen) atoms. The monoisotopic (exact) mass is 554 g/mol. The number of rotatable bonds is 7. The van der Waals surface area contributed by atoms with Crippen LogP contribution in [0.3, 0.4) is 0 Å². The summed E-state index contributed by atoms with van der Waals surface area (Å²) in [7, 11) is -3.42. The maximum Gasteiger partial charge on any atom is 0.290 e. The van der Waals surface area contributed by atoms with Crippen molar-refractivity contribution in [1.29, 1.82) is 0 Å². The molecule has 3 aliphatic rings. The van der Waals surface area contributed by atoms with Gasteiger partial charge in [-0.15, -0.1) is 0 Å². The molecular weight excluding hydrogens is 528 g/mol. The first-order valence-electron chi connectivity index (χ1n) is 12.4. The molecule has 0 aliphatic carbocycles. The van der Waals surface area contributed by atoms with Crippen LogP contribution in [-0.4, -0.2) is 84.1 Å². The Labute approximate surface area is 223 Å². The minimum atomic E-state index is -3.42. The molecule has 13 heteroatoms. The number of amides is 2. The lowest BCUT2D eigenvalue weighted by atomic mass is 10.1. The van der Waals surface area contributed by atoms with E-state index < -0.39 is 21.2 Å². The third-order valence-electron chi connectivity index (χ3n) is 6.85. The van der Waals surface area contributed by atoms with E-state index >= 15 is 0 Å². The number of pyridine rings is 1. The molecule has 2 amide bonds. The summed E-state index contributed by atoms with van der Waals surface area (Å²) in [6.45, 7) is 4.28. The molecule has 2 aromatic heterocycles. The zero-order valence-electron chi connectivity index (χ0n) is 20.5. The molecule has 3 aromatic rings. The first-order chi connectivity index (χ1) is 18.4. The van der Waals surface area contributed by atoms with Gasteiger partial charge >= 0.3 is 0 Å². The minimum Gasteiger partial charge on any atom is -0.379 e. The van der Waals surface area contributed by atoms with Crippen molar-refractivity contribution in [2.24, 2.45) is 0 Å². The highest BCUT2D eigenvalue weighted by Crippen LogP contribution is 2.33. The molecule has 1 N–H and O–H groups in total. The van der Waals surface area contributed by atoms with Gasteiger partial charge in [0.15, 0.2) is 5.65 Å². The van der Waals surface area contributed by atoms with Crippen molar-refractivity contribution in [2.45, 2.75) is 12.8 Å². The number of thioether (sulfide) groups is 1. The predicted molar refractivity (Wildman–Crippen MR) is 145 cm³/mol. The van der Waals surface area contributed by atoms with Crippen LogP contribution >= 0.6 is 11.8 Å². The first-order valence-corrected chi connectivity index (χ1v) is 14.8. The summed E-state index contributed by atoms with van der Waals surface area (Å²) in [6, 6.07) is 9.25. The number of hydrogen-bond acceptors (Lipinski definition) is 9. The molecule has 0 spiro atoms. The molecule has 0 bridgehead atoms. The molecule has 0 radical (unpaired) electrons. The smallest absolute Gasteiger partial charge is 0.290 e. The Hall–Kier alpha value is -3.26. The summed E-state index contributed by atoms with van der Waals surface area (Å²) in [5.74, 6) is -0.323. The van der Waals surface area contributed by atoms with E-state index in [9.17, 15) is 18.0 Å². The normalized spacial score (nSPS) is 19.5. The number of imide groups is 1. The zero-order chi connectivity index (χ0) is 26.3. The Bertz CT molecular complexity index is 1560. The lowest BCUT2D eigenvalue weighted by Gasteiger charge is -2.27. The number of nitrogens with zero attached hydrogens (tertiary/aromatic N) is 5. The fraction of sp³-hybridized carbons (Fsp3) is 0.360. The molecule has 2 fully saturated rings. The van der Waals surface area contributed by atoms with E-state index in [0.29, 0.717) is 49.5 Å². The Morgan fingerprint density at radius 2 is 1.95 bits per heavy atom. The van der Waals surface area contributed by atoms with Gasteiger partial charge in [-0.2, -0.15) is 0 Å². The molecule has 2 saturated heterocycles. The van der Waals surface area contributed by atoms with Crippen LogP contribution in [-0.2, 0) is 26.0 Å². The summed E-state index contributed by atoms with van der Waals surface area (Å²) >= 11 is 0.842. The zero-order valence-corrected chi connectivity index (χ0v) is 22.1. The highest BCUT2D eigenvalue weighted by molar-refractivity contribution is 8.18. The Kier molecular flexibility index (Phi) is 6.68. The average molecular weight is 555 g/mol. The molecule has 0 unspecified atom stereocenters. The number of carbonyl (C=O) groups is 2. The van der Waals surface area contributed by atoms with Crippen LogP contribution in [0.5, 0.6) is 0 Å². The Morgan fingerprint density at radius 3 is 2.74 bits per heavy atom. The third kappa shape index (κ3) is 4.94. The van der Waals surface area contributed by atoms with Crippen LogP contribution in [0.2, 0.25) is 0 Å². The second kappa shape index (κ2) is 10.1. The van der Waals surface area contributed by atoms with Gasteiger partial charge in [0.05, 0.1) is 35.3 Å². The standard InChI is InChI=1S/C25H26N6O5S2/c32-24-22(37-25(33)28-24)15-18-2-4-20-23(27-18)30(16-26-20)19-3-5-21-17(14-19)6-8-31(21)38(34,35)13-1-7-29-9-11-36-12-10-29/h2-5,14-16H,1,6-13H2,(H,28,32,33)/b22-15-. The van der Waals surface area contributed by atoms with Crippen LogP contribution in [0.25, 0.3) is 22.9 Å². The number of hydrogen-bond donors (Lipinski definition) is 1. The number of benzene rings is 1. The molecule has 0 saturated carbocycles. The molecule has 5 heterocycles. The van der Waals surface area contributed by atoms with E-state index in [-0.39, 0.29) is 10.7 Å². The molecular formula is C25H26N6O5S2. The highest BCUT2D eigenvalue weighted by atomic mass is 32.2. The molecule has 198 valence electrons. The minimum absolute atomic E-state index is 0.113. The summed E-state index contributed by atoms with van der Waals surface area (Å²) in [5, 5.41) is 1.83. The lowest BCUT2D eigenvalue weighted by Crippen LogP contribution is -2.38. The van der Waals surface area contributed by atoms with Crippen molar-refractivity contribution in [3.63, 3.8) is 0 Å². The second-order valence-corrected chi connectivity index (χ2v) is 12.3. The lowest BCUT2D eigenvalue weighted by molar-refractivity contribution is -0.115. The van der Waals surface area contributed by atoms with Crippen LogP contribution in [0, 0.1) is 0 Å². The number of fused-ring (bicyclic) bond motifs is 2. The van der Waals surface area contributed by atoms with E-state index in [1.165, 1.54) is 4.31 Å². The predicted octanol–water partition coefficient (Wildman–Crippen LogP) is 2.16. The number of nitrogens with one attached hydrogen (secondary N) is 1. The maximum absolute atomic E-state index is 13.1. The second-order valence-electron chi connectivity index (χ2n) is 9.30. The number of morpholine rings is 1. The van der Waals surface area contributed by atoms with E-state index in [1.807, 2.05) is 28.8 Å². The van der Waals surface area contributed by atoms with Crippen molar-refractivity contribution in [3.8, 4) is 5.69 Å². The number of imidazole rings is 1. The Balaban J connectivity index is 1.21. The van der Waals surface area contributed by atoms with E-state index in [0.717, 1.165) is 48.3 Å². The van der Waals surface area contributed by atoms with Crippen molar-refractivity contribution in [2.75, 3.05) is 49.5 Å². The quantitative estimate of drug-likeness (QED) is 0.437. The SMILES string of the molecule is O=C1NC(=O)/C(=C/c2ccc3ncn(-c4ccc5c(c4)CCN5S(=O)(=O)CCCN4CCOCC4)c3n2)S1. The van der Waals surface area contributed by atoms with Crippen molar-refractivity contribution in [3.05, 3.63) is 52.8 Å². The van der Waals surface area contributed by atoms with Crippen LogP contribution < -0.4 is 9.62 Å². The largest absolute Gasteiger partial charge is 0.379 e. The highest BCUT2D eigenvalue weighted by Gasteiger charge is 2.30. The topological polar surface area (TPSA) is 127 Å². The van der Waals surface area contributed by atoms with Gasteiger partial charge in [0, 0.05) is 25.3 Å². The summed E-state index contributed by atoms with van der Waals surface area (Å²) in [6.07, 6.45) is 4.47. The van der Waals surface area contributed by atoms with Crippen molar-refractivity contribution < 1.29 is 22.7 Å². The number of aromatic nitrogens is 3. The third-order valence-corrected chi connectivity index (χ3v) is 9.51. The van der Waals surface area contributed by atoms with Crippen molar-refractivity contribution in [1.82, 2.24) is 24.8 Å². The average Bonchev–Trinajstić information content (AvgIpc) is 3.60. The van der Waals surface area contributed by atoms with Crippen LogP contribution in [0.15, 0.2) is 41.6 Å². The number of ether oxygens (including phenoxy) is 1.